The average Bonchev–Trinajstić information content (AvgIpc) is 3.00. The molecule has 1 saturated carbocycles. The predicted molar refractivity (Wildman–Crippen MR) is 67.8 cm³/mol. The molecule has 2 N–H and O–H groups in total. The van der Waals surface area contributed by atoms with Gasteiger partial charge in [0.05, 0.1) is 5.69 Å². The van der Waals surface area contributed by atoms with Crippen LogP contribution in [0.5, 0.6) is 0 Å². The van der Waals surface area contributed by atoms with E-state index in [1.807, 2.05) is 0 Å². The van der Waals surface area contributed by atoms with Crippen molar-refractivity contribution >= 4 is 0 Å². The zero-order chi connectivity index (χ0) is 12.3. The van der Waals surface area contributed by atoms with Crippen LogP contribution in [-0.4, -0.2) is 16.5 Å². The Morgan fingerprint density at radius 3 is 2.94 bits per heavy atom. The highest BCUT2D eigenvalue weighted by Gasteiger charge is 2.22. The zero-order valence-electron chi connectivity index (χ0n) is 10.6. The van der Waals surface area contributed by atoms with E-state index in [0.29, 0.717) is 12.5 Å². The Morgan fingerprint density at radius 2 is 2.29 bits per heavy atom. The van der Waals surface area contributed by atoms with Gasteiger partial charge in [-0.2, -0.15) is 0 Å². The van der Waals surface area contributed by atoms with Crippen LogP contribution in [0, 0.1) is 11.8 Å². The normalized spacial score (nSPS) is 15.5. The van der Waals surface area contributed by atoms with Gasteiger partial charge in [0, 0.05) is 19.0 Å². The summed E-state index contributed by atoms with van der Waals surface area (Å²) in [6.45, 7) is 5.96. The molecule has 1 fully saturated rings. The fraction of sp³-hybridized carbons (Fsp3) is 0.692. The number of hydrogen-bond donors (Lipinski definition) is 2. The van der Waals surface area contributed by atoms with Crippen molar-refractivity contribution < 1.29 is 0 Å². The number of rotatable bonds is 6. The number of aromatic nitrogens is 2. The minimum absolute atomic E-state index is 0.0306. The highest BCUT2D eigenvalue weighted by atomic mass is 16.1. The monoisotopic (exact) mass is 235 g/mol. The average molecular weight is 235 g/mol. The van der Waals surface area contributed by atoms with Gasteiger partial charge < -0.3 is 10.3 Å². The van der Waals surface area contributed by atoms with E-state index in [4.69, 9.17) is 0 Å². The summed E-state index contributed by atoms with van der Waals surface area (Å²) in [5.74, 6) is 2.21. The van der Waals surface area contributed by atoms with E-state index in [2.05, 4.69) is 29.1 Å². The first-order valence-electron chi connectivity index (χ1n) is 6.43. The van der Waals surface area contributed by atoms with Crippen molar-refractivity contribution in [3.8, 4) is 0 Å². The van der Waals surface area contributed by atoms with Crippen molar-refractivity contribution in [1.82, 2.24) is 15.3 Å². The summed E-state index contributed by atoms with van der Waals surface area (Å²) in [5.41, 5.74) is 0.821. The molecule has 1 aromatic heterocycles. The quantitative estimate of drug-likeness (QED) is 0.785. The highest BCUT2D eigenvalue weighted by Crippen LogP contribution is 2.31. The van der Waals surface area contributed by atoms with Gasteiger partial charge in [0.1, 0.15) is 5.82 Å². The van der Waals surface area contributed by atoms with Gasteiger partial charge in [0.25, 0.3) is 5.56 Å². The van der Waals surface area contributed by atoms with Crippen molar-refractivity contribution in [2.45, 2.75) is 39.7 Å². The lowest BCUT2D eigenvalue weighted by atomic mass is 10.2. The van der Waals surface area contributed by atoms with Crippen molar-refractivity contribution in [3.63, 3.8) is 0 Å². The van der Waals surface area contributed by atoms with Gasteiger partial charge in [-0.05, 0) is 31.2 Å². The third kappa shape index (κ3) is 4.30. The van der Waals surface area contributed by atoms with Gasteiger partial charge in [-0.3, -0.25) is 4.79 Å². The second-order valence-corrected chi connectivity index (χ2v) is 5.36. The van der Waals surface area contributed by atoms with Crippen molar-refractivity contribution in [1.29, 1.82) is 0 Å². The van der Waals surface area contributed by atoms with Crippen molar-refractivity contribution in [3.05, 3.63) is 27.9 Å². The van der Waals surface area contributed by atoms with E-state index in [1.54, 1.807) is 6.07 Å². The van der Waals surface area contributed by atoms with Crippen LogP contribution in [0.4, 0.5) is 0 Å². The summed E-state index contributed by atoms with van der Waals surface area (Å²) in [5, 5.41) is 3.31. The predicted octanol–water partition coefficient (Wildman–Crippen LogP) is 1.47. The van der Waals surface area contributed by atoms with Gasteiger partial charge in [-0.15, -0.1) is 0 Å². The molecule has 1 heterocycles. The molecular formula is C13H21N3O. The standard InChI is InChI=1S/C13H21N3O/c1-9(2)7-14-8-11-6-13(17)16-12(15-11)5-10-3-4-10/h6,9-10,14H,3-5,7-8H2,1-2H3,(H,15,16,17). The summed E-state index contributed by atoms with van der Waals surface area (Å²) in [4.78, 5) is 18.8. The molecule has 0 unspecified atom stereocenters. The Balaban J connectivity index is 1.95. The van der Waals surface area contributed by atoms with E-state index in [-0.39, 0.29) is 5.56 Å². The molecule has 0 aliphatic heterocycles. The summed E-state index contributed by atoms with van der Waals surface area (Å²) in [6, 6.07) is 1.59. The van der Waals surface area contributed by atoms with Crippen LogP contribution in [0.15, 0.2) is 10.9 Å². The van der Waals surface area contributed by atoms with Gasteiger partial charge >= 0.3 is 0 Å². The van der Waals surface area contributed by atoms with E-state index >= 15 is 0 Å². The van der Waals surface area contributed by atoms with E-state index in [0.717, 1.165) is 30.4 Å². The number of hydrogen-bond acceptors (Lipinski definition) is 3. The first-order chi connectivity index (χ1) is 8.13. The van der Waals surface area contributed by atoms with Crippen LogP contribution in [0.25, 0.3) is 0 Å². The van der Waals surface area contributed by atoms with Crippen LogP contribution in [0.1, 0.15) is 38.2 Å². The Bertz CT molecular complexity index is 421. The fourth-order valence-corrected chi connectivity index (χ4v) is 1.83. The maximum absolute atomic E-state index is 11.5. The summed E-state index contributed by atoms with van der Waals surface area (Å²) in [6.07, 6.45) is 3.48. The second-order valence-electron chi connectivity index (χ2n) is 5.36. The maximum atomic E-state index is 11.5. The molecule has 0 saturated heterocycles. The Hall–Kier alpha value is -1.16. The fourth-order valence-electron chi connectivity index (χ4n) is 1.83. The first kappa shape index (κ1) is 12.3. The van der Waals surface area contributed by atoms with Gasteiger partial charge in [0.15, 0.2) is 0 Å². The molecule has 0 radical (unpaired) electrons. The van der Waals surface area contributed by atoms with Crippen molar-refractivity contribution in [2.75, 3.05) is 6.54 Å². The Kier molecular flexibility index (Phi) is 3.94. The largest absolute Gasteiger partial charge is 0.311 e. The molecule has 0 aromatic carbocycles. The molecule has 2 rings (SSSR count). The van der Waals surface area contributed by atoms with Crippen LogP contribution >= 0.6 is 0 Å². The molecule has 1 aromatic rings. The molecule has 1 aliphatic carbocycles. The smallest absolute Gasteiger partial charge is 0.251 e. The van der Waals surface area contributed by atoms with Gasteiger partial charge in [-0.1, -0.05) is 13.8 Å². The maximum Gasteiger partial charge on any atom is 0.251 e. The number of aromatic amines is 1. The first-order valence-corrected chi connectivity index (χ1v) is 6.43. The third-order valence-electron chi connectivity index (χ3n) is 2.88. The molecule has 0 bridgehead atoms. The minimum atomic E-state index is -0.0306. The lowest BCUT2D eigenvalue weighted by molar-refractivity contribution is 0.546. The van der Waals surface area contributed by atoms with Crippen LogP contribution in [-0.2, 0) is 13.0 Å². The lowest BCUT2D eigenvalue weighted by Crippen LogP contribution is -2.22. The molecule has 4 heteroatoms. The molecule has 0 atom stereocenters. The number of H-pyrrole nitrogens is 1. The van der Waals surface area contributed by atoms with E-state index in [1.165, 1.54) is 12.8 Å². The van der Waals surface area contributed by atoms with E-state index < -0.39 is 0 Å². The molecule has 94 valence electrons. The van der Waals surface area contributed by atoms with Crippen LogP contribution in [0.3, 0.4) is 0 Å². The Morgan fingerprint density at radius 1 is 1.53 bits per heavy atom. The van der Waals surface area contributed by atoms with Gasteiger partial charge in [0.2, 0.25) is 0 Å². The molecule has 1 aliphatic rings. The molecule has 17 heavy (non-hydrogen) atoms. The van der Waals surface area contributed by atoms with Gasteiger partial charge in [-0.25, -0.2) is 4.98 Å². The topological polar surface area (TPSA) is 57.8 Å². The third-order valence-corrected chi connectivity index (χ3v) is 2.88. The van der Waals surface area contributed by atoms with Crippen LogP contribution in [0.2, 0.25) is 0 Å². The minimum Gasteiger partial charge on any atom is -0.311 e. The summed E-state index contributed by atoms with van der Waals surface area (Å²) in [7, 11) is 0. The number of nitrogens with zero attached hydrogens (tertiary/aromatic N) is 1. The second kappa shape index (κ2) is 5.45. The van der Waals surface area contributed by atoms with Crippen LogP contribution < -0.4 is 10.9 Å². The molecule has 4 nitrogen and oxygen atoms in total. The number of nitrogens with one attached hydrogen (secondary N) is 2. The summed E-state index contributed by atoms with van der Waals surface area (Å²) < 4.78 is 0. The van der Waals surface area contributed by atoms with E-state index in [9.17, 15) is 4.79 Å². The SMILES string of the molecule is CC(C)CNCc1cc(=O)[nH]c(CC2CC2)n1. The lowest BCUT2D eigenvalue weighted by Gasteiger charge is -2.07. The zero-order valence-corrected chi connectivity index (χ0v) is 10.6. The molecule has 0 spiro atoms. The highest BCUT2D eigenvalue weighted by molar-refractivity contribution is 5.04. The van der Waals surface area contributed by atoms with Crippen molar-refractivity contribution in [2.24, 2.45) is 11.8 Å². The molecular weight excluding hydrogens is 214 g/mol. The summed E-state index contributed by atoms with van der Waals surface area (Å²) >= 11 is 0. The Labute approximate surface area is 102 Å². The molecule has 0 amide bonds.